The molecule has 0 spiro atoms. The van der Waals surface area contributed by atoms with Crippen molar-refractivity contribution in [1.82, 2.24) is 4.90 Å². The molecule has 2 N–H and O–H groups in total. The van der Waals surface area contributed by atoms with Crippen molar-refractivity contribution in [3.8, 4) is 0 Å². The summed E-state index contributed by atoms with van der Waals surface area (Å²) >= 11 is 1.22. The van der Waals surface area contributed by atoms with E-state index in [2.05, 4.69) is 5.32 Å². The van der Waals surface area contributed by atoms with Gasteiger partial charge < -0.3 is 15.3 Å². The normalized spacial score (nSPS) is 13.5. The van der Waals surface area contributed by atoms with Crippen molar-refractivity contribution in [3.63, 3.8) is 0 Å². The maximum atomic E-state index is 12.4. The fourth-order valence-electron chi connectivity index (χ4n) is 2.92. The van der Waals surface area contributed by atoms with Crippen molar-refractivity contribution >= 4 is 34.1 Å². The molecule has 0 aliphatic carbocycles. The van der Waals surface area contributed by atoms with Gasteiger partial charge in [-0.2, -0.15) is 0 Å². The van der Waals surface area contributed by atoms with Crippen LogP contribution in [0.25, 0.3) is 0 Å². The summed E-state index contributed by atoms with van der Waals surface area (Å²) in [7, 11) is 0. The standard InChI is InChI=1S/C19H18N2O4S/c1-2-6-15(22)21-10-9-13-14(11-21)26-18(16(13)19(24)25)20-17(23)12-7-4-3-5-8-12/h2-8H,9-11H2,1H3,(H,20,23)(H,24,25)/b6-2+. The number of amides is 2. The minimum absolute atomic E-state index is 0.0988. The molecule has 0 bridgehead atoms. The molecule has 0 saturated carbocycles. The number of hydrogen-bond donors (Lipinski definition) is 2. The summed E-state index contributed by atoms with van der Waals surface area (Å²) in [6, 6.07) is 8.63. The highest BCUT2D eigenvalue weighted by molar-refractivity contribution is 7.17. The molecular weight excluding hydrogens is 352 g/mol. The van der Waals surface area contributed by atoms with Crippen LogP contribution < -0.4 is 5.32 Å². The van der Waals surface area contributed by atoms with Crippen LogP contribution in [0.3, 0.4) is 0 Å². The van der Waals surface area contributed by atoms with E-state index in [9.17, 15) is 19.5 Å². The quantitative estimate of drug-likeness (QED) is 0.810. The zero-order valence-corrected chi connectivity index (χ0v) is 15.0. The number of carboxylic acids is 1. The summed E-state index contributed by atoms with van der Waals surface area (Å²) in [6.45, 7) is 2.59. The van der Waals surface area contributed by atoms with Gasteiger partial charge in [0, 0.05) is 17.0 Å². The fourth-order valence-corrected chi connectivity index (χ4v) is 4.17. The highest BCUT2D eigenvalue weighted by atomic mass is 32.1. The second-order valence-corrected chi connectivity index (χ2v) is 6.95. The molecule has 2 heterocycles. The molecule has 3 rings (SSSR count). The van der Waals surface area contributed by atoms with Gasteiger partial charge in [0.1, 0.15) is 5.00 Å². The van der Waals surface area contributed by atoms with Gasteiger partial charge in [0.15, 0.2) is 0 Å². The Kier molecular flexibility index (Phi) is 5.18. The van der Waals surface area contributed by atoms with Gasteiger partial charge in [-0.1, -0.05) is 24.3 Å². The summed E-state index contributed by atoms with van der Waals surface area (Å²) in [4.78, 5) is 38.7. The average molecular weight is 370 g/mol. The lowest BCUT2D eigenvalue weighted by Crippen LogP contribution is -2.34. The maximum Gasteiger partial charge on any atom is 0.339 e. The molecule has 0 radical (unpaired) electrons. The Morgan fingerprint density at radius 2 is 1.96 bits per heavy atom. The lowest BCUT2D eigenvalue weighted by molar-refractivity contribution is -0.126. The number of anilines is 1. The van der Waals surface area contributed by atoms with E-state index < -0.39 is 5.97 Å². The number of thiophene rings is 1. The first-order chi connectivity index (χ1) is 12.5. The third-order valence-electron chi connectivity index (χ3n) is 4.15. The summed E-state index contributed by atoms with van der Waals surface area (Å²) in [5, 5.41) is 12.6. The average Bonchev–Trinajstić information content (AvgIpc) is 2.99. The van der Waals surface area contributed by atoms with Crippen LogP contribution in [0.2, 0.25) is 0 Å². The topological polar surface area (TPSA) is 86.7 Å². The predicted octanol–water partition coefficient (Wildman–Crippen LogP) is 3.16. The van der Waals surface area contributed by atoms with Gasteiger partial charge in [0.05, 0.1) is 12.1 Å². The van der Waals surface area contributed by atoms with Crippen LogP contribution in [0.4, 0.5) is 5.00 Å². The molecule has 2 amide bonds. The number of fused-ring (bicyclic) bond motifs is 1. The number of carbonyl (C=O) groups excluding carboxylic acids is 2. The first-order valence-corrected chi connectivity index (χ1v) is 8.98. The zero-order valence-electron chi connectivity index (χ0n) is 14.2. The lowest BCUT2D eigenvalue weighted by atomic mass is 10.0. The molecule has 0 saturated heterocycles. The van der Waals surface area contributed by atoms with E-state index in [1.165, 1.54) is 17.4 Å². The van der Waals surface area contributed by atoms with Crippen molar-refractivity contribution < 1.29 is 19.5 Å². The van der Waals surface area contributed by atoms with Gasteiger partial charge in [-0.3, -0.25) is 9.59 Å². The Hall–Kier alpha value is -2.93. The second-order valence-electron chi connectivity index (χ2n) is 5.84. The number of carbonyl (C=O) groups is 3. The molecule has 2 aromatic rings. The molecule has 1 aromatic carbocycles. The van der Waals surface area contributed by atoms with Gasteiger partial charge in [-0.05, 0) is 37.1 Å². The van der Waals surface area contributed by atoms with Crippen LogP contribution >= 0.6 is 11.3 Å². The molecule has 26 heavy (non-hydrogen) atoms. The van der Waals surface area contributed by atoms with Crippen LogP contribution in [-0.4, -0.2) is 34.3 Å². The van der Waals surface area contributed by atoms with Crippen molar-refractivity contribution in [2.24, 2.45) is 0 Å². The number of carboxylic acid groups (broad SMARTS) is 1. The van der Waals surface area contributed by atoms with Gasteiger partial charge in [-0.15, -0.1) is 11.3 Å². The van der Waals surface area contributed by atoms with E-state index in [1.54, 1.807) is 48.2 Å². The van der Waals surface area contributed by atoms with Gasteiger partial charge in [0.25, 0.3) is 5.91 Å². The molecule has 1 aliphatic rings. The lowest BCUT2D eigenvalue weighted by Gasteiger charge is -2.26. The first kappa shape index (κ1) is 17.9. The Balaban J connectivity index is 1.89. The molecule has 0 atom stereocenters. The first-order valence-electron chi connectivity index (χ1n) is 8.17. The van der Waals surface area contributed by atoms with Gasteiger partial charge in [0.2, 0.25) is 5.91 Å². The number of aromatic carboxylic acids is 1. The highest BCUT2D eigenvalue weighted by Crippen LogP contribution is 2.37. The number of nitrogens with one attached hydrogen (secondary N) is 1. The fraction of sp³-hybridized carbons (Fsp3) is 0.211. The third-order valence-corrected chi connectivity index (χ3v) is 5.29. The van der Waals surface area contributed by atoms with E-state index in [4.69, 9.17) is 0 Å². The molecule has 1 aromatic heterocycles. The summed E-state index contributed by atoms with van der Waals surface area (Å²) in [6.07, 6.45) is 3.63. The minimum Gasteiger partial charge on any atom is -0.478 e. The number of allylic oxidation sites excluding steroid dienone is 1. The molecule has 1 aliphatic heterocycles. The summed E-state index contributed by atoms with van der Waals surface area (Å²) < 4.78 is 0. The highest BCUT2D eigenvalue weighted by Gasteiger charge is 2.29. The Morgan fingerprint density at radius 1 is 1.23 bits per heavy atom. The second kappa shape index (κ2) is 7.53. The van der Waals surface area contributed by atoms with Crippen molar-refractivity contribution in [2.45, 2.75) is 19.9 Å². The number of rotatable bonds is 4. The van der Waals surface area contributed by atoms with Crippen LogP contribution in [0, 0.1) is 0 Å². The van der Waals surface area contributed by atoms with Crippen LogP contribution in [0.15, 0.2) is 42.5 Å². The van der Waals surface area contributed by atoms with E-state index in [1.807, 2.05) is 0 Å². The largest absolute Gasteiger partial charge is 0.478 e. The molecule has 0 fully saturated rings. The van der Waals surface area contributed by atoms with Gasteiger partial charge >= 0.3 is 5.97 Å². The molecular formula is C19H18N2O4S. The summed E-state index contributed by atoms with van der Waals surface area (Å²) in [5.74, 6) is -1.52. The van der Waals surface area contributed by atoms with Gasteiger partial charge in [-0.25, -0.2) is 4.79 Å². The predicted molar refractivity (Wildman–Crippen MR) is 99.6 cm³/mol. The molecule has 6 nitrogen and oxygen atoms in total. The Labute approximate surface area is 154 Å². The smallest absolute Gasteiger partial charge is 0.339 e. The van der Waals surface area contributed by atoms with Crippen LogP contribution in [0.1, 0.15) is 38.1 Å². The number of nitrogens with zero attached hydrogens (tertiary/aromatic N) is 1. The van der Waals surface area contributed by atoms with E-state index in [-0.39, 0.29) is 17.4 Å². The van der Waals surface area contributed by atoms with Crippen LogP contribution in [-0.2, 0) is 17.8 Å². The third kappa shape index (κ3) is 3.52. The van der Waals surface area contributed by atoms with Crippen molar-refractivity contribution in [1.29, 1.82) is 0 Å². The maximum absolute atomic E-state index is 12.4. The van der Waals surface area contributed by atoms with Crippen molar-refractivity contribution in [3.05, 3.63) is 64.1 Å². The van der Waals surface area contributed by atoms with E-state index in [0.717, 1.165) is 4.88 Å². The number of hydrogen-bond acceptors (Lipinski definition) is 4. The SMILES string of the molecule is C/C=C/C(=O)N1CCc2c(sc(NC(=O)c3ccccc3)c2C(=O)O)C1. The zero-order chi connectivity index (χ0) is 18.7. The monoisotopic (exact) mass is 370 g/mol. The van der Waals surface area contributed by atoms with Crippen molar-refractivity contribution in [2.75, 3.05) is 11.9 Å². The van der Waals surface area contributed by atoms with Crippen LogP contribution in [0.5, 0.6) is 0 Å². The minimum atomic E-state index is -1.07. The molecule has 7 heteroatoms. The van der Waals surface area contributed by atoms with E-state index in [0.29, 0.717) is 35.6 Å². The number of benzene rings is 1. The summed E-state index contributed by atoms with van der Waals surface area (Å²) in [5.41, 5.74) is 1.29. The molecule has 134 valence electrons. The molecule has 0 unspecified atom stereocenters. The Morgan fingerprint density at radius 3 is 2.62 bits per heavy atom. The van der Waals surface area contributed by atoms with E-state index >= 15 is 0 Å². The Bertz CT molecular complexity index is 886.